The zero-order valence-corrected chi connectivity index (χ0v) is 13.0. The third kappa shape index (κ3) is 2.48. The molecule has 0 aliphatic carbocycles. The highest BCUT2D eigenvalue weighted by atomic mass is 35.5. The Labute approximate surface area is 132 Å². The van der Waals surface area contributed by atoms with Crippen molar-refractivity contribution in [2.45, 2.75) is 13.0 Å². The summed E-state index contributed by atoms with van der Waals surface area (Å²) in [6, 6.07) is 8.25. The fourth-order valence-electron chi connectivity index (χ4n) is 2.45. The molecule has 0 unspecified atom stereocenters. The summed E-state index contributed by atoms with van der Waals surface area (Å²) in [6.45, 7) is 2.28. The van der Waals surface area contributed by atoms with Crippen molar-refractivity contribution in [1.29, 1.82) is 0 Å². The SMILES string of the molecule is C[C@@H]1CN(C(=O)c2ccn(C)c(=O)c2)c2cccc(Cl)c2O1. The number of hydrogen-bond donors (Lipinski definition) is 0. The number of halogens is 1. The monoisotopic (exact) mass is 318 g/mol. The first-order valence-electron chi connectivity index (χ1n) is 6.91. The van der Waals surface area contributed by atoms with E-state index in [9.17, 15) is 9.59 Å². The van der Waals surface area contributed by atoms with E-state index in [2.05, 4.69) is 0 Å². The van der Waals surface area contributed by atoms with Crippen LogP contribution in [0.3, 0.4) is 0 Å². The van der Waals surface area contributed by atoms with Gasteiger partial charge >= 0.3 is 0 Å². The van der Waals surface area contributed by atoms with Crippen molar-refractivity contribution in [3.63, 3.8) is 0 Å². The lowest BCUT2D eigenvalue weighted by atomic mass is 10.1. The van der Waals surface area contributed by atoms with Gasteiger partial charge in [0.15, 0.2) is 5.75 Å². The van der Waals surface area contributed by atoms with E-state index in [0.29, 0.717) is 28.6 Å². The van der Waals surface area contributed by atoms with Crippen LogP contribution < -0.4 is 15.2 Å². The number of benzene rings is 1. The molecule has 0 bridgehead atoms. The summed E-state index contributed by atoms with van der Waals surface area (Å²) in [5.74, 6) is 0.261. The van der Waals surface area contributed by atoms with Gasteiger partial charge in [-0.1, -0.05) is 17.7 Å². The smallest absolute Gasteiger partial charge is 0.258 e. The molecule has 1 atom stereocenters. The fourth-order valence-corrected chi connectivity index (χ4v) is 2.66. The summed E-state index contributed by atoms with van der Waals surface area (Å²) in [5, 5.41) is 0.464. The Kier molecular flexibility index (Phi) is 3.66. The number of para-hydroxylation sites is 1. The Balaban J connectivity index is 2.05. The van der Waals surface area contributed by atoms with Gasteiger partial charge in [0.25, 0.3) is 11.5 Å². The van der Waals surface area contributed by atoms with Crippen LogP contribution in [0.2, 0.25) is 5.02 Å². The number of carbonyl (C=O) groups excluding carboxylic acids is 1. The van der Waals surface area contributed by atoms with Gasteiger partial charge < -0.3 is 14.2 Å². The van der Waals surface area contributed by atoms with Crippen molar-refractivity contribution in [2.24, 2.45) is 7.05 Å². The van der Waals surface area contributed by atoms with Crippen LogP contribution in [0.1, 0.15) is 17.3 Å². The van der Waals surface area contributed by atoms with Crippen LogP contribution >= 0.6 is 11.6 Å². The van der Waals surface area contributed by atoms with Gasteiger partial charge in [0.1, 0.15) is 6.10 Å². The highest BCUT2D eigenvalue weighted by molar-refractivity contribution is 6.32. The molecule has 1 aliphatic heterocycles. The number of fused-ring (bicyclic) bond motifs is 1. The molecule has 1 amide bonds. The van der Waals surface area contributed by atoms with Gasteiger partial charge in [-0.2, -0.15) is 0 Å². The maximum absolute atomic E-state index is 12.8. The summed E-state index contributed by atoms with van der Waals surface area (Å²) in [6.07, 6.45) is 1.40. The van der Waals surface area contributed by atoms with Crippen LogP contribution in [-0.2, 0) is 7.05 Å². The molecule has 0 radical (unpaired) electrons. The van der Waals surface area contributed by atoms with Crippen LogP contribution in [0.25, 0.3) is 0 Å². The van der Waals surface area contributed by atoms with E-state index in [1.165, 1.54) is 10.6 Å². The highest BCUT2D eigenvalue weighted by Crippen LogP contribution is 2.39. The molecule has 0 saturated carbocycles. The zero-order valence-electron chi connectivity index (χ0n) is 12.2. The first-order valence-corrected chi connectivity index (χ1v) is 7.29. The molecule has 1 aromatic carbocycles. The number of nitrogens with zero attached hydrogens (tertiary/aromatic N) is 2. The number of carbonyl (C=O) groups is 1. The fraction of sp³-hybridized carbons (Fsp3) is 0.250. The van der Waals surface area contributed by atoms with Gasteiger partial charge in [0.2, 0.25) is 0 Å². The molecule has 22 heavy (non-hydrogen) atoms. The highest BCUT2D eigenvalue weighted by Gasteiger charge is 2.29. The summed E-state index contributed by atoms with van der Waals surface area (Å²) >= 11 is 6.15. The van der Waals surface area contributed by atoms with Gasteiger partial charge in [0.05, 0.1) is 17.3 Å². The molecule has 1 aliphatic rings. The van der Waals surface area contributed by atoms with Gasteiger partial charge in [-0.05, 0) is 25.1 Å². The zero-order chi connectivity index (χ0) is 15.9. The van der Waals surface area contributed by atoms with Gasteiger partial charge in [-0.25, -0.2) is 0 Å². The minimum Gasteiger partial charge on any atom is -0.485 e. The van der Waals surface area contributed by atoms with E-state index < -0.39 is 0 Å². The third-order valence-electron chi connectivity index (χ3n) is 3.59. The molecule has 3 rings (SSSR count). The van der Waals surface area contributed by atoms with Crippen LogP contribution in [-0.4, -0.2) is 23.1 Å². The predicted molar refractivity (Wildman–Crippen MR) is 84.9 cm³/mol. The number of ether oxygens (including phenoxy) is 1. The topological polar surface area (TPSA) is 51.5 Å². The van der Waals surface area contributed by atoms with E-state index in [0.717, 1.165) is 0 Å². The normalized spacial score (nSPS) is 16.9. The number of pyridine rings is 1. The molecule has 0 fully saturated rings. The second-order valence-electron chi connectivity index (χ2n) is 5.30. The number of amides is 1. The molecular weight excluding hydrogens is 304 g/mol. The molecule has 2 aromatic rings. The van der Waals surface area contributed by atoms with Crippen LogP contribution in [0.4, 0.5) is 5.69 Å². The van der Waals surface area contributed by atoms with Crippen molar-refractivity contribution in [3.8, 4) is 5.75 Å². The van der Waals surface area contributed by atoms with E-state index in [4.69, 9.17) is 16.3 Å². The number of rotatable bonds is 1. The van der Waals surface area contributed by atoms with Crippen molar-refractivity contribution in [3.05, 3.63) is 57.5 Å². The van der Waals surface area contributed by atoms with Crippen molar-refractivity contribution < 1.29 is 9.53 Å². The second-order valence-corrected chi connectivity index (χ2v) is 5.70. The summed E-state index contributed by atoms with van der Waals surface area (Å²) in [4.78, 5) is 26.1. The number of aromatic nitrogens is 1. The largest absolute Gasteiger partial charge is 0.485 e. The Bertz CT molecular complexity index is 800. The summed E-state index contributed by atoms with van der Waals surface area (Å²) in [7, 11) is 1.64. The van der Waals surface area contributed by atoms with Crippen molar-refractivity contribution in [1.82, 2.24) is 4.57 Å². The Morgan fingerprint density at radius 3 is 2.86 bits per heavy atom. The minimum atomic E-state index is -0.239. The maximum Gasteiger partial charge on any atom is 0.258 e. The number of aryl methyl sites for hydroxylation is 1. The molecule has 2 heterocycles. The average Bonchev–Trinajstić information content (AvgIpc) is 2.49. The molecule has 0 spiro atoms. The van der Waals surface area contributed by atoms with Crippen LogP contribution in [0.5, 0.6) is 5.75 Å². The average molecular weight is 319 g/mol. The van der Waals surface area contributed by atoms with Gasteiger partial charge in [0, 0.05) is 24.9 Å². The Hall–Kier alpha value is -2.27. The van der Waals surface area contributed by atoms with E-state index >= 15 is 0 Å². The third-order valence-corrected chi connectivity index (χ3v) is 3.89. The summed E-state index contributed by atoms with van der Waals surface area (Å²) in [5.41, 5.74) is 0.748. The van der Waals surface area contributed by atoms with E-state index in [1.807, 2.05) is 6.92 Å². The quantitative estimate of drug-likeness (QED) is 0.811. The molecule has 1 aromatic heterocycles. The summed E-state index contributed by atoms with van der Waals surface area (Å²) < 4.78 is 7.15. The number of anilines is 1. The molecule has 6 heteroatoms. The first-order chi connectivity index (χ1) is 10.5. The minimum absolute atomic E-state index is 0.178. The number of hydrogen-bond acceptors (Lipinski definition) is 3. The Morgan fingerprint density at radius 1 is 1.36 bits per heavy atom. The lowest BCUT2D eigenvalue weighted by Crippen LogP contribution is -2.42. The van der Waals surface area contributed by atoms with Gasteiger partial charge in [-0.15, -0.1) is 0 Å². The maximum atomic E-state index is 12.8. The predicted octanol–water partition coefficient (Wildman–Crippen LogP) is 2.47. The first kappa shape index (κ1) is 14.7. The van der Waals surface area contributed by atoms with E-state index in [-0.39, 0.29) is 17.6 Å². The van der Waals surface area contributed by atoms with Crippen LogP contribution in [0, 0.1) is 0 Å². The standard InChI is InChI=1S/C16H15ClN2O3/c1-10-9-19(13-5-3-4-12(17)15(13)22-10)16(21)11-6-7-18(2)14(20)8-11/h3-8,10H,9H2,1-2H3/t10-/m1/s1. The van der Waals surface area contributed by atoms with E-state index in [1.54, 1.807) is 42.4 Å². The molecule has 5 nitrogen and oxygen atoms in total. The lowest BCUT2D eigenvalue weighted by Gasteiger charge is -2.33. The van der Waals surface area contributed by atoms with Crippen LogP contribution in [0.15, 0.2) is 41.3 Å². The lowest BCUT2D eigenvalue weighted by molar-refractivity contribution is 0.0961. The molecule has 0 N–H and O–H groups in total. The molecular formula is C16H15ClN2O3. The molecule has 0 saturated heterocycles. The van der Waals surface area contributed by atoms with Crippen molar-refractivity contribution in [2.75, 3.05) is 11.4 Å². The second kappa shape index (κ2) is 5.50. The van der Waals surface area contributed by atoms with Crippen molar-refractivity contribution >= 4 is 23.2 Å². The molecule has 114 valence electrons. The Morgan fingerprint density at radius 2 is 2.14 bits per heavy atom. The van der Waals surface area contributed by atoms with Gasteiger partial charge in [-0.3, -0.25) is 9.59 Å².